The first-order valence-electron chi connectivity index (χ1n) is 8.87. The van der Waals surface area contributed by atoms with E-state index in [2.05, 4.69) is 15.0 Å². The van der Waals surface area contributed by atoms with Gasteiger partial charge in [-0.05, 0) is 50.2 Å². The molecule has 0 atom stereocenters. The van der Waals surface area contributed by atoms with E-state index in [9.17, 15) is 13.5 Å². The van der Waals surface area contributed by atoms with Crippen molar-refractivity contribution in [2.75, 3.05) is 6.26 Å². The lowest BCUT2D eigenvalue weighted by molar-refractivity contribution is 0.0739. The molecule has 29 heavy (non-hydrogen) atoms. The van der Waals surface area contributed by atoms with Crippen molar-refractivity contribution in [1.82, 2.24) is 15.0 Å². The first kappa shape index (κ1) is 19.2. The van der Waals surface area contributed by atoms with Gasteiger partial charge in [0.1, 0.15) is 28.9 Å². The molecule has 0 saturated heterocycles. The Bertz CT molecular complexity index is 1300. The van der Waals surface area contributed by atoms with Crippen molar-refractivity contribution in [3.63, 3.8) is 0 Å². The molecule has 1 aromatic carbocycles. The Hall–Kier alpha value is -3.10. The predicted molar refractivity (Wildman–Crippen MR) is 109 cm³/mol. The molecule has 148 valence electrons. The van der Waals surface area contributed by atoms with E-state index >= 15 is 0 Å². The second-order valence-electron chi connectivity index (χ2n) is 7.33. The van der Waals surface area contributed by atoms with Gasteiger partial charge in [0, 0.05) is 29.6 Å². The highest BCUT2D eigenvalue weighted by Crippen LogP contribution is 2.33. The molecule has 0 spiro atoms. The minimum atomic E-state index is -3.26. The maximum Gasteiger partial charge on any atom is 0.179 e. The quantitative estimate of drug-likeness (QED) is 0.549. The van der Waals surface area contributed by atoms with Gasteiger partial charge in [-0.25, -0.2) is 18.4 Å². The summed E-state index contributed by atoms with van der Waals surface area (Å²) in [7, 11) is -3.26. The third kappa shape index (κ3) is 3.76. The number of rotatable bonds is 4. The van der Waals surface area contributed by atoms with Crippen molar-refractivity contribution >= 4 is 20.9 Å². The largest absolute Gasteiger partial charge is 0.452 e. The molecular formula is C21H19N3O4S. The van der Waals surface area contributed by atoms with Crippen LogP contribution in [0.2, 0.25) is 0 Å². The Morgan fingerprint density at radius 2 is 1.69 bits per heavy atom. The lowest BCUT2D eigenvalue weighted by atomic mass is 10.0. The molecular weight excluding hydrogens is 390 g/mol. The molecule has 0 bridgehead atoms. The summed E-state index contributed by atoms with van der Waals surface area (Å²) in [6.07, 6.45) is 4.24. The number of pyridine rings is 1. The maximum absolute atomic E-state index is 11.7. The summed E-state index contributed by atoms with van der Waals surface area (Å²) in [6.45, 7) is 3.33. The molecule has 0 amide bonds. The third-order valence-electron chi connectivity index (χ3n) is 4.54. The Morgan fingerprint density at radius 1 is 0.966 bits per heavy atom. The lowest BCUT2D eigenvalue weighted by Crippen LogP contribution is -2.17. The molecule has 8 heteroatoms. The zero-order chi connectivity index (χ0) is 20.8. The summed E-state index contributed by atoms with van der Waals surface area (Å²) in [6, 6.07) is 11.8. The van der Waals surface area contributed by atoms with Crippen LogP contribution in [0.4, 0.5) is 0 Å². The van der Waals surface area contributed by atoms with Crippen LogP contribution in [0.3, 0.4) is 0 Å². The second-order valence-corrected chi connectivity index (χ2v) is 9.35. The third-order valence-corrected chi connectivity index (χ3v) is 5.67. The number of aliphatic hydroxyl groups is 1. The van der Waals surface area contributed by atoms with E-state index in [1.807, 2.05) is 0 Å². The van der Waals surface area contributed by atoms with Crippen LogP contribution in [0.15, 0.2) is 64.3 Å². The average Bonchev–Trinajstić information content (AvgIpc) is 3.11. The Kier molecular flexibility index (Phi) is 4.48. The van der Waals surface area contributed by atoms with Crippen molar-refractivity contribution < 1.29 is 17.9 Å². The number of aromatic nitrogens is 3. The van der Waals surface area contributed by atoms with E-state index in [4.69, 9.17) is 4.42 Å². The number of sulfone groups is 1. The van der Waals surface area contributed by atoms with Gasteiger partial charge in [-0.2, -0.15) is 0 Å². The highest BCUT2D eigenvalue weighted by Gasteiger charge is 2.20. The number of nitrogens with zero attached hydrogens (tertiary/aromatic N) is 3. The lowest BCUT2D eigenvalue weighted by Gasteiger charge is -2.16. The van der Waals surface area contributed by atoms with Crippen LogP contribution in [0.1, 0.15) is 19.5 Å². The van der Waals surface area contributed by atoms with Crippen molar-refractivity contribution in [3.8, 4) is 22.6 Å². The fourth-order valence-electron chi connectivity index (χ4n) is 2.98. The molecule has 0 aliphatic rings. The molecule has 1 N–H and O–H groups in total. The SMILES string of the molecule is CC(C)(O)c1cc(-c2ncnc3cc(-c4ccc(S(C)(=O)=O)cc4)oc23)ccn1. The van der Waals surface area contributed by atoms with Gasteiger partial charge in [-0.3, -0.25) is 4.98 Å². The van der Waals surface area contributed by atoms with E-state index < -0.39 is 15.4 Å². The van der Waals surface area contributed by atoms with E-state index in [1.165, 1.54) is 12.6 Å². The number of furan rings is 1. The van der Waals surface area contributed by atoms with Crippen molar-refractivity contribution in [1.29, 1.82) is 0 Å². The number of hydrogen-bond acceptors (Lipinski definition) is 7. The fraction of sp³-hybridized carbons (Fsp3) is 0.190. The van der Waals surface area contributed by atoms with Gasteiger partial charge in [0.2, 0.25) is 0 Å². The summed E-state index contributed by atoms with van der Waals surface area (Å²) in [5.41, 5.74) is 2.62. The Labute approximate surface area is 168 Å². The van der Waals surface area contributed by atoms with E-state index in [0.717, 1.165) is 11.1 Å². The topological polar surface area (TPSA) is 106 Å². The molecule has 7 nitrogen and oxygen atoms in total. The van der Waals surface area contributed by atoms with E-state index in [-0.39, 0.29) is 4.90 Å². The van der Waals surface area contributed by atoms with Crippen LogP contribution in [-0.2, 0) is 15.4 Å². The summed E-state index contributed by atoms with van der Waals surface area (Å²) < 4.78 is 29.3. The highest BCUT2D eigenvalue weighted by molar-refractivity contribution is 7.90. The number of hydrogen-bond donors (Lipinski definition) is 1. The molecule has 0 saturated carbocycles. The highest BCUT2D eigenvalue weighted by atomic mass is 32.2. The minimum Gasteiger partial charge on any atom is -0.452 e. The van der Waals surface area contributed by atoms with Crippen LogP contribution >= 0.6 is 0 Å². The van der Waals surface area contributed by atoms with Crippen LogP contribution in [0, 0.1) is 0 Å². The predicted octanol–water partition coefficient (Wildman–Crippen LogP) is 3.58. The number of fused-ring (bicyclic) bond motifs is 1. The van der Waals surface area contributed by atoms with Gasteiger partial charge in [-0.15, -0.1) is 0 Å². The zero-order valence-corrected chi connectivity index (χ0v) is 16.9. The molecule has 0 fully saturated rings. The molecule has 0 radical (unpaired) electrons. The standard InChI is InChI=1S/C21H19N3O4S/c1-21(2,25)18-10-14(8-9-22-18)19-20-16(23-12-24-19)11-17(28-20)13-4-6-15(7-5-13)29(3,26)27/h4-12,25H,1-3H3. The summed E-state index contributed by atoms with van der Waals surface area (Å²) in [5, 5.41) is 10.2. The molecule has 4 aromatic rings. The van der Waals surface area contributed by atoms with Gasteiger partial charge < -0.3 is 9.52 Å². The van der Waals surface area contributed by atoms with Crippen molar-refractivity contribution in [3.05, 3.63) is 60.7 Å². The minimum absolute atomic E-state index is 0.244. The van der Waals surface area contributed by atoms with Crippen LogP contribution in [-0.4, -0.2) is 34.7 Å². The van der Waals surface area contributed by atoms with Gasteiger partial charge >= 0.3 is 0 Å². The molecule has 3 aromatic heterocycles. The molecule has 0 unspecified atom stereocenters. The summed E-state index contributed by atoms with van der Waals surface area (Å²) >= 11 is 0. The monoisotopic (exact) mass is 409 g/mol. The molecule has 3 heterocycles. The van der Waals surface area contributed by atoms with Crippen LogP contribution in [0.5, 0.6) is 0 Å². The zero-order valence-electron chi connectivity index (χ0n) is 16.1. The molecule has 0 aliphatic carbocycles. The fourth-order valence-corrected chi connectivity index (χ4v) is 3.61. The van der Waals surface area contributed by atoms with Gasteiger partial charge in [0.25, 0.3) is 0 Å². The van der Waals surface area contributed by atoms with Crippen molar-refractivity contribution in [2.45, 2.75) is 24.3 Å². The van der Waals surface area contributed by atoms with Gasteiger partial charge in [-0.1, -0.05) is 0 Å². The first-order valence-corrected chi connectivity index (χ1v) is 10.8. The summed E-state index contributed by atoms with van der Waals surface area (Å²) in [4.78, 5) is 13.1. The Morgan fingerprint density at radius 3 is 2.34 bits per heavy atom. The Balaban J connectivity index is 1.81. The van der Waals surface area contributed by atoms with Crippen LogP contribution in [0.25, 0.3) is 33.7 Å². The van der Waals surface area contributed by atoms with Gasteiger partial charge in [0.05, 0.1) is 10.6 Å². The van der Waals surface area contributed by atoms with Crippen LogP contribution < -0.4 is 0 Å². The van der Waals surface area contributed by atoms with Crippen molar-refractivity contribution in [2.24, 2.45) is 0 Å². The van der Waals surface area contributed by atoms with E-state index in [0.29, 0.717) is 28.2 Å². The van der Waals surface area contributed by atoms with E-state index in [1.54, 1.807) is 62.5 Å². The summed E-state index contributed by atoms with van der Waals surface area (Å²) in [5.74, 6) is 0.554. The smallest absolute Gasteiger partial charge is 0.179 e. The molecule has 4 rings (SSSR count). The first-order chi connectivity index (χ1) is 13.6. The van der Waals surface area contributed by atoms with Gasteiger partial charge in [0.15, 0.2) is 15.4 Å². The average molecular weight is 409 g/mol. The maximum atomic E-state index is 11.7. The number of benzene rings is 1. The second kappa shape index (κ2) is 6.75. The normalized spacial score (nSPS) is 12.4. The molecule has 0 aliphatic heterocycles.